The number of fused-ring (bicyclic) bond motifs is 1. The maximum atomic E-state index is 13.1. The molecule has 104 valence electrons. The van der Waals surface area contributed by atoms with Crippen LogP contribution < -0.4 is 4.90 Å². The fourth-order valence-corrected chi connectivity index (χ4v) is 3.10. The maximum absolute atomic E-state index is 13.1. The second-order valence-electron chi connectivity index (χ2n) is 4.33. The van der Waals surface area contributed by atoms with E-state index in [0.717, 1.165) is 11.6 Å². The third-order valence-electron chi connectivity index (χ3n) is 3.06. The van der Waals surface area contributed by atoms with Crippen LogP contribution in [0.2, 0.25) is 0 Å². The molecule has 1 aliphatic rings. The standard InChI is InChI=1S/C13H14F3NOS/c1-3-19-12-6-9-4-5-17(8(2)18)11(9)7-10(12)13(14,15)16/h6-7H,3-5H2,1-2H3. The molecule has 1 aliphatic heterocycles. The van der Waals surface area contributed by atoms with Gasteiger partial charge in [-0.25, -0.2) is 0 Å². The van der Waals surface area contributed by atoms with Crippen LogP contribution in [0.3, 0.4) is 0 Å². The lowest BCUT2D eigenvalue weighted by molar-refractivity contribution is -0.139. The summed E-state index contributed by atoms with van der Waals surface area (Å²) in [7, 11) is 0. The van der Waals surface area contributed by atoms with E-state index in [1.165, 1.54) is 23.6 Å². The zero-order valence-electron chi connectivity index (χ0n) is 10.7. The molecule has 0 bridgehead atoms. The highest BCUT2D eigenvalue weighted by Gasteiger charge is 2.36. The molecule has 0 N–H and O–H groups in total. The first-order valence-corrected chi connectivity index (χ1v) is 6.98. The number of carbonyl (C=O) groups is 1. The maximum Gasteiger partial charge on any atom is 0.417 e. The van der Waals surface area contributed by atoms with Crippen molar-refractivity contribution >= 4 is 23.4 Å². The summed E-state index contributed by atoms with van der Waals surface area (Å²) in [6.07, 6.45) is -3.78. The molecule has 2 nitrogen and oxygen atoms in total. The lowest BCUT2D eigenvalue weighted by Gasteiger charge is -2.18. The number of hydrogen-bond acceptors (Lipinski definition) is 2. The Morgan fingerprint density at radius 3 is 2.63 bits per heavy atom. The van der Waals surface area contributed by atoms with Gasteiger partial charge in [-0.05, 0) is 29.9 Å². The van der Waals surface area contributed by atoms with Crippen LogP contribution >= 0.6 is 11.8 Å². The highest BCUT2D eigenvalue weighted by molar-refractivity contribution is 7.99. The van der Waals surface area contributed by atoms with Crippen molar-refractivity contribution in [3.8, 4) is 0 Å². The van der Waals surface area contributed by atoms with Gasteiger partial charge in [0.2, 0.25) is 5.91 Å². The van der Waals surface area contributed by atoms with Crippen LogP contribution in [0.25, 0.3) is 0 Å². The number of halogens is 3. The highest BCUT2D eigenvalue weighted by atomic mass is 32.2. The molecular weight excluding hydrogens is 275 g/mol. The van der Waals surface area contributed by atoms with Crippen LogP contribution in [0.1, 0.15) is 25.0 Å². The summed E-state index contributed by atoms with van der Waals surface area (Å²) >= 11 is 1.18. The van der Waals surface area contributed by atoms with Crippen LogP contribution in [0, 0.1) is 0 Å². The van der Waals surface area contributed by atoms with E-state index in [1.54, 1.807) is 6.07 Å². The van der Waals surface area contributed by atoms with Gasteiger partial charge in [0.1, 0.15) is 0 Å². The molecule has 1 aromatic carbocycles. The summed E-state index contributed by atoms with van der Waals surface area (Å²) in [5, 5.41) is 0. The van der Waals surface area contributed by atoms with Gasteiger partial charge in [0.15, 0.2) is 0 Å². The number of hydrogen-bond donors (Lipinski definition) is 0. The molecule has 0 unspecified atom stereocenters. The van der Waals surface area contributed by atoms with Gasteiger partial charge in [-0.2, -0.15) is 13.2 Å². The molecule has 1 heterocycles. The zero-order chi connectivity index (χ0) is 14.2. The molecule has 0 fully saturated rings. The van der Waals surface area contributed by atoms with E-state index in [2.05, 4.69) is 0 Å². The molecule has 19 heavy (non-hydrogen) atoms. The first-order chi connectivity index (χ1) is 8.84. The molecule has 2 rings (SSSR count). The quantitative estimate of drug-likeness (QED) is 0.773. The van der Waals surface area contributed by atoms with E-state index in [-0.39, 0.29) is 10.8 Å². The van der Waals surface area contributed by atoms with Crippen LogP contribution in [0.5, 0.6) is 0 Å². The van der Waals surface area contributed by atoms with E-state index in [9.17, 15) is 18.0 Å². The number of benzene rings is 1. The monoisotopic (exact) mass is 289 g/mol. The highest BCUT2D eigenvalue weighted by Crippen LogP contribution is 2.42. The molecule has 0 saturated carbocycles. The Bertz CT molecular complexity index is 513. The molecule has 0 aliphatic carbocycles. The van der Waals surface area contributed by atoms with E-state index < -0.39 is 11.7 Å². The van der Waals surface area contributed by atoms with Crippen LogP contribution in [-0.2, 0) is 17.4 Å². The van der Waals surface area contributed by atoms with Gasteiger partial charge in [-0.3, -0.25) is 4.79 Å². The fourth-order valence-electron chi connectivity index (χ4n) is 2.24. The Morgan fingerprint density at radius 2 is 2.11 bits per heavy atom. The Morgan fingerprint density at radius 1 is 1.42 bits per heavy atom. The molecule has 1 amide bonds. The number of amides is 1. The van der Waals surface area contributed by atoms with E-state index in [0.29, 0.717) is 24.4 Å². The van der Waals surface area contributed by atoms with Crippen molar-refractivity contribution in [3.05, 3.63) is 23.3 Å². The molecule has 0 saturated heterocycles. The van der Waals surface area contributed by atoms with Crippen molar-refractivity contribution in [2.24, 2.45) is 0 Å². The molecule has 6 heteroatoms. The van der Waals surface area contributed by atoms with Crippen LogP contribution in [-0.4, -0.2) is 18.2 Å². The molecule has 1 aromatic rings. The van der Waals surface area contributed by atoms with Gasteiger partial charge in [-0.1, -0.05) is 6.92 Å². The first kappa shape index (κ1) is 14.2. The van der Waals surface area contributed by atoms with Gasteiger partial charge in [0, 0.05) is 24.1 Å². The molecule has 0 aromatic heterocycles. The van der Waals surface area contributed by atoms with E-state index in [1.807, 2.05) is 6.92 Å². The summed E-state index contributed by atoms with van der Waals surface area (Å²) < 4.78 is 39.2. The van der Waals surface area contributed by atoms with Gasteiger partial charge < -0.3 is 4.90 Å². The van der Waals surface area contributed by atoms with Gasteiger partial charge in [0.05, 0.1) is 5.56 Å². The average molecular weight is 289 g/mol. The zero-order valence-corrected chi connectivity index (χ0v) is 11.5. The Balaban J connectivity index is 2.54. The predicted octanol–water partition coefficient (Wildman–Crippen LogP) is 3.73. The minimum absolute atomic E-state index is 0.220. The second kappa shape index (κ2) is 5.07. The molecule has 0 spiro atoms. The van der Waals surface area contributed by atoms with E-state index >= 15 is 0 Å². The molecule has 0 radical (unpaired) electrons. The summed E-state index contributed by atoms with van der Waals surface area (Å²) in [6, 6.07) is 2.69. The third kappa shape index (κ3) is 2.73. The van der Waals surface area contributed by atoms with Crippen molar-refractivity contribution in [2.75, 3.05) is 17.2 Å². The van der Waals surface area contributed by atoms with E-state index in [4.69, 9.17) is 0 Å². The van der Waals surface area contributed by atoms with Crippen molar-refractivity contribution in [3.63, 3.8) is 0 Å². The van der Waals surface area contributed by atoms with Crippen molar-refractivity contribution in [2.45, 2.75) is 31.3 Å². The summed E-state index contributed by atoms with van der Waals surface area (Å²) in [5.74, 6) is 0.362. The first-order valence-electron chi connectivity index (χ1n) is 5.99. The molecule has 0 atom stereocenters. The number of alkyl halides is 3. The van der Waals surface area contributed by atoms with Crippen LogP contribution in [0.15, 0.2) is 17.0 Å². The number of thioether (sulfide) groups is 1. The lowest BCUT2D eigenvalue weighted by Crippen LogP contribution is -2.26. The third-order valence-corrected chi connectivity index (χ3v) is 4.00. The van der Waals surface area contributed by atoms with Gasteiger partial charge in [-0.15, -0.1) is 11.8 Å². The topological polar surface area (TPSA) is 20.3 Å². The summed E-state index contributed by atoms with van der Waals surface area (Å²) in [4.78, 5) is 13.1. The van der Waals surface area contributed by atoms with Crippen LogP contribution in [0.4, 0.5) is 18.9 Å². The largest absolute Gasteiger partial charge is 0.417 e. The van der Waals surface area contributed by atoms with Crippen molar-refractivity contribution in [1.82, 2.24) is 0 Å². The normalized spacial score (nSPS) is 14.7. The van der Waals surface area contributed by atoms with Gasteiger partial charge in [0.25, 0.3) is 0 Å². The SMILES string of the molecule is CCSc1cc2c(cc1C(F)(F)F)N(C(C)=O)CC2. The number of anilines is 1. The minimum Gasteiger partial charge on any atom is -0.312 e. The van der Waals surface area contributed by atoms with Crippen molar-refractivity contribution < 1.29 is 18.0 Å². The Kier molecular flexibility index (Phi) is 3.80. The van der Waals surface area contributed by atoms with Gasteiger partial charge >= 0.3 is 6.18 Å². The number of rotatable bonds is 2. The predicted molar refractivity (Wildman–Crippen MR) is 69.6 cm³/mol. The number of carbonyl (C=O) groups excluding carboxylic acids is 1. The van der Waals surface area contributed by atoms with Crippen molar-refractivity contribution in [1.29, 1.82) is 0 Å². The smallest absolute Gasteiger partial charge is 0.312 e. The number of nitrogens with zero attached hydrogens (tertiary/aromatic N) is 1. The minimum atomic E-state index is -4.39. The Labute approximate surface area is 114 Å². The molecular formula is C13H14F3NOS. The average Bonchev–Trinajstić information content (AvgIpc) is 2.69. The summed E-state index contributed by atoms with van der Waals surface area (Å²) in [5.41, 5.74) is 0.575. The summed E-state index contributed by atoms with van der Waals surface area (Å²) in [6.45, 7) is 3.65. The lowest BCUT2D eigenvalue weighted by atomic mass is 10.1. The second-order valence-corrected chi connectivity index (χ2v) is 5.63. The fraction of sp³-hybridized carbons (Fsp3) is 0.462. The Hall–Kier alpha value is -1.17.